The average Bonchev–Trinajstić information content (AvgIpc) is 2.94. The first-order valence-electron chi connectivity index (χ1n) is 7.75. The van der Waals surface area contributed by atoms with Crippen molar-refractivity contribution < 1.29 is 4.79 Å². The van der Waals surface area contributed by atoms with Crippen LogP contribution in [0.2, 0.25) is 0 Å². The molecule has 0 aromatic carbocycles. The highest BCUT2D eigenvalue weighted by atomic mass is 16.2. The predicted octanol–water partition coefficient (Wildman–Crippen LogP) is 2.49. The van der Waals surface area contributed by atoms with Gasteiger partial charge in [0.1, 0.15) is 6.04 Å². The lowest BCUT2D eigenvalue weighted by molar-refractivity contribution is -0.135. The van der Waals surface area contributed by atoms with E-state index < -0.39 is 0 Å². The Morgan fingerprint density at radius 3 is 2.95 bits per heavy atom. The van der Waals surface area contributed by atoms with Crippen LogP contribution in [0.5, 0.6) is 0 Å². The number of anilines is 1. The minimum atomic E-state index is -0.198. The minimum Gasteiger partial charge on any atom is -0.371 e. The van der Waals surface area contributed by atoms with E-state index in [-0.39, 0.29) is 11.9 Å². The Morgan fingerprint density at radius 1 is 1.50 bits per heavy atom. The van der Waals surface area contributed by atoms with Crippen LogP contribution in [0.15, 0.2) is 12.4 Å². The quantitative estimate of drug-likeness (QED) is 0.900. The van der Waals surface area contributed by atoms with Crippen molar-refractivity contribution >= 4 is 11.6 Å². The zero-order valence-corrected chi connectivity index (χ0v) is 12.8. The number of hydrogen-bond acceptors (Lipinski definition) is 3. The van der Waals surface area contributed by atoms with Crippen molar-refractivity contribution in [3.63, 3.8) is 0 Å². The van der Waals surface area contributed by atoms with E-state index in [1.54, 1.807) is 6.20 Å². The molecule has 0 radical (unpaired) electrons. The Balaban J connectivity index is 1.96. The molecule has 0 unspecified atom stereocenters. The van der Waals surface area contributed by atoms with Gasteiger partial charge in [-0.1, -0.05) is 6.92 Å². The molecule has 0 saturated carbocycles. The molecule has 1 aliphatic heterocycles. The summed E-state index contributed by atoms with van der Waals surface area (Å²) >= 11 is 0. The van der Waals surface area contributed by atoms with Crippen molar-refractivity contribution in [2.45, 2.75) is 65.1 Å². The van der Waals surface area contributed by atoms with Crippen molar-refractivity contribution in [2.75, 3.05) is 11.9 Å². The van der Waals surface area contributed by atoms with E-state index in [0.717, 1.165) is 38.0 Å². The van der Waals surface area contributed by atoms with E-state index in [0.29, 0.717) is 6.04 Å². The molecule has 1 fully saturated rings. The highest BCUT2D eigenvalue weighted by Gasteiger charge is 2.28. The summed E-state index contributed by atoms with van der Waals surface area (Å²) in [5.41, 5.74) is 0.915. The van der Waals surface area contributed by atoms with Crippen LogP contribution in [-0.2, 0) is 11.3 Å². The van der Waals surface area contributed by atoms with Crippen LogP contribution in [0.4, 0.5) is 5.69 Å². The van der Waals surface area contributed by atoms with E-state index in [4.69, 9.17) is 0 Å². The molecule has 2 rings (SSSR count). The van der Waals surface area contributed by atoms with Crippen LogP contribution in [0.25, 0.3) is 0 Å². The molecule has 112 valence electrons. The Bertz CT molecular complexity index is 443. The van der Waals surface area contributed by atoms with Crippen LogP contribution >= 0.6 is 0 Å². The number of rotatable bonds is 5. The maximum atomic E-state index is 12.6. The van der Waals surface area contributed by atoms with E-state index in [1.165, 1.54) is 6.42 Å². The number of carbonyl (C=O) groups excluding carboxylic acids is 1. The molecular formula is C15H26N4O. The fourth-order valence-electron chi connectivity index (χ4n) is 2.89. The second-order valence-corrected chi connectivity index (χ2v) is 5.54. The number of aromatic nitrogens is 2. The highest BCUT2D eigenvalue weighted by Crippen LogP contribution is 2.21. The summed E-state index contributed by atoms with van der Waals surface area (Å²) in [6, 6.07) is 0.218. The Morgan fingerprint density at radius 2 is 2.30 bits per heavy atom. The third kappa shape index (κ3) is 3.32. The number of nitrogens with one attached hydrogen (secondary N) is 1. The van der Waals surface area contributed by atoms with E-state index >= 15 is 0 Å². The molecule has 1 aromatic heterocycles. The van der Waals surface area contributed by atoms with Crippen molar-refractivity contribution in [1.82, 2.24) is 14.7 Å². The van der Waals surface area contributed by atoms with Gasteiger partial charge in [-0.3, -0.25) is 9.48 Å². The van der Waals surface area contributed by atoms with Crippen LogP contribution < -0.4 is 5.32 Å². The molecule has 5 heteroatoms. The first-order chi connectivity index (χ1) is 9.65. The molecule has 1 saturated heterocycles. The molecule has 1 aromatic rings. The fourth-order valence-corrected chi connectivity index (χ4v) is 2.89. The summed E-state index contributed by atoms with van der Waals surface area (Å²) in [5, 5.41) is 7.48. The maximum absolute atomic E-state index is 12.6. The summed E-state index contributed by atoms with van der Waals surface area (Å²) in [6.45, 7) is 7.89. The molecule has 1 amide bonds. The van der Waals surface area contributed by atoms with Gasteiger partial charge in [-0.05, 0) is 39.5 Å². The average molecular weight is 278 g/mol. The Hall–Kier alpha value is -1.52. The van der Waals surface area contributed by atoms with E-state index in [1.807, 2.05) is 24.7 Å². The number of carbonyl (C=O) groups is 1. The number of piperidine rings is 1. The van der Waals surface area contributed by atoms with Crippen LogP contribution in [-0.4, -0.2) is 39.2 Å². The van der Waals surface area contributed by atoms with Crippen LogP contribution in [0.1, 0.15) is 46.5 Å². The SMILES string of the molecule is CC[C@H]1CCCCN1C(=O)[C@@H](C)Nc1cnn(CC)c1. The number of likely N-dealkylation sites (tertiary alicyclic amines) is 1. The van der Waals surface area contributed by atoms with Gasteiger partial charge < -0.3 is 10.2 Å². The van der Waals surface area contributed by atoms with Crippen LogP contribution in [0, 0.1) is 0 Å². The minimum absolute atomic E-state index is 0.198. The summed E-state index contributed by atoms with van der Waals surface area (Å²) in [6.07, 6.45) is 8.28. The normalized spacial score (nSPS) is 20.8. The standard InChI is InChI=1S/C15H26N4O/c1-4-14-8-6-7-9-19(14)15(20)12(3)17-13-10-16-18(5-2)11-13/h10-12,14,17H,4-9H2,1-3H3/t12-,14+/m1/s1. The van der Waals surface area contributed by atoms with Crippen molar-refractivity contribution in [3.8, 4) is 0 Å². The molecule has 1 aliphatic rings. The van der Waals surface area contributed by atoms with Gasteiger partial charge in [0, 0.05) is 25.3 Å². The number of aryl methyl sites for hydroxylation is 1. The van der Waals surface area contributed by atoms with Crippen molar-refractivity contribution in [3.05, 3.63) is 12.4 Å². The van der Waals surface area contributed by atoms with Gasteiger partial charge >= 0.3 is 0 Å². The van der Waals surface area contributed by atoms with Crippen LogP contribution in [0.3, 0.4) is 0 Å². The second kappa shape index (κ2) is 6.77. The van der Waals surface area contributed by atoms with Crippen molar-refractivity contribution in [1.29, 1.82) is 0 Å². The third-order valence-electron chi connectivity index (χ3n) is 4.09. The predicted molar refractivity (Wildman–Crippen MR) is 80.6 cm³/mol. The molecular weight excluding hydrogens is 252 g/mol. The fraction of sp³-hybridized carbons (Fsp3) is 0.733. The summed E-state index contributed by atoms with van der Waals surface area (Å²) in [7, 11) is 0. The summed E-state index contributed by atoms with van der Waals surface area (Å²) in [5.74, 6) is 0.209. The van der Waals surface area contributed by atoms with Gasteiger partial charge in [-0.25, -0.2) is 0 Å². The second-order valence-electron chi connectivity index (χ2n) is 5.54. The summed E-state index contributed by atoms with van der Waals surface area (Å²) in [4.78, 5) is 14.6. The first-order valence-corrected chi connectivity index (χ1v) is 7.75. The Labute approximate surface area is 121 Å². The van der Waals surface area contributed by atoms with E-state index in [2.05, 4.69) is 22.2 Å². The van der Waals surface area contributed by atoms with Crippen molar-refractivity contribution in [2.24, 2.45) is 0 Å². The molecule has 2 heterocycles. The van der Waals surface area contributed by atoms with Gasteiger partial charge in [-0.2, -0.15) is 5.10 Å². The topological polar surface area (TPSA) is 50.2 Å². The maximum Gasteiger partial charge on any atom is 0.245 e. The number of hydrogen-bond donors (Lipinski definition) is 1. The zero-order chi connectivity index (χ0) is 14.5. The number of nitrogens with zero attached hydrogens (tertiary/aromatic N) is 3. The smallest absolute Gasteiger partial charge is 0.245 e. The van der Waals surface area contributed by atoms with Gasteiger partial charge in [0.15, 0.2) is 0 Å². The third-order valence-corrected chi connectivity index (χ3v) is 4.09. The molecule has 0 spiro atoms. The Kier molecular flexibility index (Phi) is 5.04. The first kappa shape index (κ1) is 14.9. The lowest BCUT2D eigenvalue weighted by Gasteiger charge is -2.37. The van der Waals surface area contributed by atoms with Gasteiger partial charge in [-0.15, -0.1) is 0 Å². The molecule has 0 bridgehead atoms. The highest BCUT2D eigenvalue weighted by molar-refractivity contribution is 5.84. The van der Waals surface area contributed by atoms with Gasteiger partial charge in [0.05, 0.1) is 11.9 Å². The zero-order valence-electron chi connectivity index (χ0n) is 12.8. The largest absolute Gasteiger partial charge is 0.371 e. The molecule has 2 atom stereocenters. The number of amides is 1. The molecule has 1 N–H and O–H groups in total. The van der Waals surface area contributed by atoms with E-state index in [9.17, 15) is 4.79 Å². The molecule has 0 aliphatic carbocycles. The lowest BCUT2D eigenvalue weighted by atomic mass is 9.99. The lowest BCUT2D eigenvalue weighted by Crippen LogP contribution is -2.49. The van der Waals surface area contributed by atoms with Gasteiger partial charge in [0.25, 0.3) is 0 Å². The molecule has 5 nitrogen and oxygen atoms in total. The van der Waals surface area contributed by atoms with Gasteiger partial charge in [0.2, 0.25) is 5.91 Å². The monoisotopic (exact) mass is 278 g/mol. The molecule has 20 heavy (non-hydrogen) atoms. The summed E-state index contributed by atoms with van der Waals surface area (Å²) < 4.78 is 1.86.